The third kappa shape index (κ3) is 2.30. The summed E-state index contributed by atoms with van der Waals surface area (Å²) >= 11 is 0. The minimum Gasteiger partial charge on any atom is -0.495 e. The second-order valence-corrected chi connectivity index (χ2v) is 4.26. The van der Waals surface area contributed by atoms with E-state index in [0.717, 1.165) is 18.8 Å². The number of hydrogen-bond donors (Lipinski definition) is 1. The van der Waals surface area contributed by atoms with E-state index >= 15 is 0 Å². The van der Waals surface area contributed by atoms with Gasteiger partial charge in [0, 0.05) is 13.1 Å². The fraction of sp³-hybridized carbons (Fsp3) is 0.538. The molecular weight excluding hydrogens is 200 g/mol. The highest BCUT2D eigenvalue weighted by Crippen LogP contribution is 2.29. The van der Waals surface area contributed by atoms with Gasteiger partial charge in [-0.2, -0.15) is 0 Å². The van der Waals surface area contributed by atoms with Crippen molar-refractivity contribution in [1.29, 1.82) is 0 Å². The van der Waals surface area contributed by atoms with Crippen LogP contribution < -0.4 is 15.0 Å². The quantitative estimate of drug-likeness (QED) is 0.842. The van der Waals surface area contributed by atoms with E-state index < -0.39 is 0 Å². The molecule has 1 aromatic rings. The van der Waals surface area contributed by atoms with Crippen molar-refractivity contribution < 1.29 is 4.74 Å². The van der Waals surface area contributed by atoms with Crippen molar-refractivity contribution in [2.24, 2.45) is 0 Å². The molecule has 0 amide bonds. The summed E-state index contributed by atoms with van der Waals surface area (Å²) in [6.45, 7) is 2.23. The first kappa shape index (κ1) is 11.3. The maximum Gasteiger partial charge on any atom is 0.142 e. The van der Waals surface area contributed by atoms with Gasteiger partial charge in [-0.1, -0.05) is 12.1 Å². The van der Waals surface area contributed by atoms with E-state index in [1.807, 2.05) is 12.1 Å². The Labute approximate surface area is 97.4 Å². The van der Waals surface area contributed by atoms with E-state index in [1.165, 1.54) is 18.5 Å². The van der Waals surface area contributed by atoms with E-state index in [2.05, 4.69) is 29.4 Å². The van der Waals surface area contributed by atoms with Gasteiger partial charge in [-0.25, -0.2) is 0 Å². The predicted molar refractivity (Wildman–Crippen MR) is 67.3 cm³/mol. The predicted octanol–water partition coefficient (Wildman–Crippen LogP) is 1.88. The lowest BCUT2D eigenvalue weighted by molar-refractivity contribution is 0.406. The van der Waals surface area contributed by atoms with Crippen LogP contribution in [0.5, 0.6) is 5.75 Å². The van der Waals surface area contributed by atoms with Gasteiger partial charge in [0.15, 0.2) is 0 Å². The monoisotopic (exact) mass is 220 g/mol. The molecule has 0 spiro atoms. The van der Waals surface area contributed by atoms with Gasteiger partial charge in [0.1, 0.15) is 5.75 Å². The zero-order valence-electron chi connectivity index (χ0n) is 10.1. The number of methoxy groups -OCH3 is 1. The molecule has 1 aliphatic rings. The third-order valence-corrected chi connectivity index (χ3v) is 3.32. The SMILES string of the molecule is COc1ccccc1N(C)C1CCNCC1. The normalized spacial score (nSPS) is 17.1. The smallest absolute Gasteiger partial charge is 0.142 e. The molecule has 0 aliphatic carbocycles. The van der Waals surface area contributed by atoms with Crippen LogP contribution in [0, 0.1) is 0 Å². The van der Waals surface area contributed by atoms with Gasteiger partial charge >= 0.3 is 0 Å². The summed E-state index contributed by atoms with van der Waals surface area (Å²) in [5, 5.41) is 3.39. The Morgan fingerprint density at radius 3 is 2.62 bits per heavy atom. The van der Waals surface area contributed by atoms with Crippen molar-refractivity contribution in [3.63, 3.8) is 0 Å². The van der Waals surface area contributed by atoms with Gasteiger partial charge in [-0.15, -0.1) is 0 Å². The molecule has 1 saturated heterocycles. The molecule has 3 heteroatoms. The van der Waals surface area contributed by atoms with E-state index in [4.69, 9.17) is 4.74 Å². The molecule has 0 atom stereocenters. The molecule has 1 N–H and O–H groups in total. The number of nitrogens with zero attached hydrogens (tertiary/aromatic N) is 1. The largest absolute Gasteiger partial charge is 0.495 e. The zero-order valence-corrected chi connectivity index (χ0v) is 10.1. The third-order valence-electron chi connectivity index (χ3n) is 3.32. The highest BCUT2D eigenvalue weighted by molar-refractivity contribution is 5.58. The first-order chi connectivity index (χ1) is 7.83. The second-order valence-electron chi connectivity index (χ2n) is 4.26. The highest BCUT2D eigenvalue weighted by atomic mass is 16.5. The minimum absolute atomic E-state index is 0.623. The average Bonchev–Trinajstić information content (AvgIpc) is 2.39. The summed E-state index contributed by atoms with van der Waals surface area (Å²) in [4.78, 5) is 2.35. The van der Waals surface area contributed by atoms with E-state index in [1.54, 1.807) is 7.11 Å². The lowest BCUT2D eigenvalue weighted by Crippen LogP contribution is -2.41. The summed E-state index contributed by atoms with van der Waals surface area (Å²) < 4.78 is 5.40. The van der Waals surface area contributed by atoms with E-state index in [9.17, 15) is 0 Å². The number of benzene rings is 1. The molecule has 1 aromatic carbocycles. The van der Waals surface area contributed by atoms with Crippen molar-refractivity contribution in [1.82, 2.24) is 5.32 Å². The number of rotatable bonds is 3. The van der Waals surface area contributed by atoms with Crippen molar-refractivity contribution >= 4 is 5.69 Å². The molecule has 16 heavy (non-hydrogen) atoms. The van der Waals surface area contributed by atoms with Crippen molar-refractivity contribution in [2.75, 3.05) is 32.1 Å². The molecule has 0 saturated carbocycles. The Hall–Kier alpha value is -1.22. The van der Waals surface area contributed by atoms with Crippen LogP contribution in [0.3, 0.4) is 0 Å². The molecule has 0 bridgehead atoms. The van der Waals surface area contributed by atoms with Gasteiger partial charge in [-0.05, 0) is 38.1 Å². The highest BCUT2D eigenvalue weighted by Gasteiger charge is 2.19. The summed E-state index contributed by atoms with van der Waals surface area (Å²) in [6, 6.07) is 8.85. The van der Waals surface area contributed by atoms with Gasteiger partial charge in [-0.3, -0.25) is 0 Å². The molecule has 1 heterocycles. The lowest BCUT2D eigenvalue weighted by atomic mass is 10.0. The van der Waals surface area contributed by atoms with Gasteiger partial charge < -0.3 is 15.0 Å². The van der Waals surface area contributed by atoms with Gasteiger partial charge in [0.2, 0.25) is 0 Å². The number of anilines is 1. The first-order valence-corrected chi connectivity index (χ1v) is 5.89. The maximum absolute atomic E-state index is 5.40. The van der Waals surface area contributed by atoms with E-state index in [0.29, 0.717) is 6.04 Å². The average molecular weight is 220 g/mol. The molecular formula is C13H20N2O. The molecule has 0 radical (unpaired) electrons. The molecule has 1 fully saturated rings. The molecule has 88 valence electrons. The van der Waals surface area contributed by atoms with Crippen LogP contribution in [0.25, 0.3) is 0 Å². The molecule has 0 aromatic heterocycles. The van der Waals surface area contributed by atoms with Crippen molar-refractivity contribution in [3.8, 4) is 5.75 Å². The van der Waals surface area contributed by atoms with Crippen LogP contribution in [0.4, 0.5) is 5.69 Å². The lowest BCUT2D eigenvalue weighted by Gasteiger charge is -2.34. The molecule has 3 nitrogen and oxygen atoms in total. The minimum atomic E-state index is 0.623. The van der Waals surface area contributed by atoms with Crippen LogP contribution in [0.2, 0.25) is 0 Å². The fourth-order valence-corrected chi connectivity index (χ4v) is 2.31. The Balaban J connectivity index is 2.15. The fourth-order valence-electron chi connectivity index (χ4n) is 2.31. The Kier molecular flexibility index (Phi) is 3.67. The summed E-state index contributed by atoms with van der Waals surface area (Å²) in [6.07, 6.45) is 2.41. The first-order valence-electron chi connectivity index (χ1n) is 5.89. The van der Waals surface area contributed by atoms with E-state index in [-0.39, 0.29) is 0 Å². The number of hydrogen-bond acceptors (Lipinski definition) is 3. The summed E-state index contributed by atoms with van der Waals surface area (Å²) in [5.74, 6) is 0.962. The standard InChI is InChI=1S/C13H20N2O/c1-15(11-7-9-14-10-8-11)12-5-3-4-6-13(12)16-2/h3-6,11,14H,7-10H2,1-2H3. The van der Waals surface area contributed by atoms with Crippen molar-refractivity contribution in [3.05, 3.63) is 24.3 Å². The van der Waals surface area contributed by atoms with Crippen LogP contribution in [0.1, 0.15) is 12.8 Å². The van der Waals surface area contributed by atoms with Gasteiger partial charge in [0.05, 0.1) is 12.8 Å². The number of ether oxygens (including phenoxy) is 1. The Bertz CT molecular complexity index is 334. The molecule has 2 rings (SSSR count). The topological polar surface area (TPSA) is 24.5 Å². The van der Waals surface area contributed by atoms with Crippen LogP contribution in [-0.4, -0.2) is 33.3 Å². The Morgan fingerprint density at radius 1 is 1.25 bits per heavy atom. The van der Waals surface area contributed by atoms with Crippen LogP contribution >= 0.6 is 0 Å². The second kappa shape index (κ2) is 5.21. The Morgan fingerprint density at radius 2 is 1.94 bits per heavy atom. The maximum atomic E-state index is 5.40. The molecule has 0 unspecified atom stereocenters. The zero-order chi connectivity index (χ0) is 11.4. The van der Waals surface area contributed by atoms with Gasteiger partial charge in [0.25, 0.3) is 0 Å². The number of nitrogens with one attached hydrogen (secondary N) is 1. The van der Waals surface area contributed by atoms with Crippen molar-refractivity contribution in [2.45, 2.75) is 18.9 Å². The number of piperidine rings is 1. The summed E-state index contributed by atoms with van der Waals surface area (Å²) in [7, 11) is 3.89. The number of para-hydroxylation sites is 2. The van der Waals surface area contributed by atoms with Crippen LogP contribution in [0.15, 0.2) is 24.3 Å². The van der Waals surface area contributed by atoms with Crippen LogP contribution in [-0.2, 0) is 0 Å². The molecule has 1 aliphatic heterocycles. The summed E-state index contributed by atoms with van der Waals surface area (Å²) in [5.41, 5.74) is 1.19.